The van der Waals surface area contributed by atoms with Crippen molar-refractivity contribution in [3.63, 3.8) is 0 Å². The monoisotopic (exact) mass is 348 g/mol. The number of amides is 1. The van der Waals surface area contributed by atoms with E-state index in [4.69, 9.17) is 0 Å². The molecule has 3 aromatic rings. The van der Waals surface area contributed by atoms with Crippen LogP contribution in [0.15, 0.2) is 45.7 Å². The van der Waals surface area contributed by atoms with Crippen LogP contribution >= 0.6 is 27.3 Å². The molecule has 1 aromatic carbocycles. The van der Waals surface area contributed by atoms with Gasteiger partial charge in [-0.1, -0.05) is 0 Å². The number of benzene rings is 1. The lowest BCUT2D eigenvalue weighted by molar-refractivity contribution is 0.0785. The predicted molar refractivity (Wildman–Crippen MR) is 86.1 cm³/mol. The number of carbonyl (C=O) groups is 1. The van der Waals surface area contributed by atoms with Crippen molar-refractivity contribution in [1.82, 2.24) is 9.88 Å². The van der Waals surface area contributed by atoms with E-state index in [1.54, 1.807) is 16.2 Å². The molecule has 102 valence electrons. The summed E-state index contributed by atoms with van der Waals surface area (Å²) in [5.41, 5.74) is 2.90. The van der Waals surface area contributed by atoms with Crippen molar-refractivity contribution in [1.29, 1.82) is 0 Å². The van der Waals surface area contributed by atoms with Crippen molar-refractivity contribution >= 4 is 44.1 Å². The van der Waals surface area contributed by atoms with Crippen molar-refractivity contribution in [2.45, 2.75) is 6.54 Å². The van der Waals surface area contributed by atoms with Crippen LogP contribution in [0.25, 0.3) is 10.9 Å². The van der Waals surface area contributed by atoms with Gasteiger partial charge in [0.1, 0.15) is 0 Å². The van der Waals surface area contributed by atoms with E-state index in [1.165, 1.54) is 0 Å². The average molecular weight is 349 g/mol. The second kappa shape index (κ2) is 5.42. The maximum atomic E-state index is 12.4. The zero-order valence-electron chi connectivity index (χ0n) is 10.9. The highest BCUT2D eigenvalue weighted by Gasteiger charge is 2.13. The van der Waals surface area contributed by atoms with Gasteiger partial charge < -0.3 is 9.88 Å². The largest absolute Gasteiger partial charge is 0.361 e. The summed E-state index contributed by atoms with van der Waals surface area (Å²) in [5, 5.41) is 3.12. The molecule has 0 bridgehead atoms. The van der Waals surface area contributed by atoms with E-state index in [0.717, 1.165) is 20.3 Å². The van der Waals surface area contributed by atoms with Gasteiger partial charge in [0.05, 0.1) is 3.79 Å². The first-order chi connectivity index (χ1) is 9.63. The Hall–Kier alpha value is -1.59. The molecule has 3 nitrogen and oxygen atoms in total. The number of hydrogen-bond acceptors (Lipinski definition) is 2. The topological polar surface area (TPSA) is 36.1 Å². The van der Waals surface area contributed by atoms with Gasteiger partial charge in [0.25, 0.3) is 5.91 Å². The van der Waals surface area contributed by atoms with Crippen molar-refractivity contribution in [2.24, 2.45) is 0 Å². The van der Waals surface area contributed by atoms with Crippen molar-refractivity contribution in [2.75, 3.05) is 7.05 Å². The summed E-state index contributed by atoms with van der Waals surface area (Å²) in [6.07, 6.45) is 1.88. The van der Waals surface area contributed by atoms with Crippen LogP contribution in [0.5, 0.6) is 0 Å². The molecule has 0 aliphatic heterocycles. The zero-order chi connectivity index (χ0) is 14.1. The minimum atomic E-state index is 0.0374. The number of nitrogens with one attached hydrogen (secondary N) is 1. The first kappa shape index (κ1) is 13.4. The fourth-order valence-electron chi connectivity index (χ4n) is 2.18. The van der Waals surface area contributed by atoms with Crippen molar-refractivity contribution in [3.8, 4) is 0 Å². The van der Waals surface area contributed by atoms with E-state index < -0.39 is 0 Å². The van der Waals surface area contributed by atoms with Gasteiger partial charge in [0.15, 0.2) is 0 Å². The average Bonchev–Trinajstić information content (AvgIpc) is 3.05. The second-order valence-corrected chi connectivity index (χ2v) is 6.99. The summed E-state index contributed by atoms with van der Waals surface area (Å²) < 4.78 is 1.09. The Bertz CT molecular complexity index is 762. The molecule has 0 fully saturated rings. The fourth-order valence-corrected chi connectivity index (χ4v) is 3.38. The number of fused-ring (bicyclic) bond motifs is 1. The van der Waals surface area contributed by atoms with Gasteiger partial charge in [0.2, 0.25) is 0 Å². The van der Waals surface area contributed by atoms with Crippen LogP contribution in [-0.2, 0) is 6.54 Å². The maximum absolute atomic E-state index is 12.4. The minimum Gasteiger partial charge on any atom is -0.361 e. The van der Waals surface area contributed by atoms with Crippen LogP contribution in [0, 0.1) is 0 Å². The number of aromatic amines is 1. The smallest absolute Gasteiger partial charge is 0.253 e. The number of aromatic nitrogens is 1. The first-order valence-electron chi connectivity index (χ1n) is 6.19. The molecule has 2 heterocycles. The standard InChI is InChI=1S/C15H13BrN2OS/c1-18(8-10-6-14(16)20-9-10)15(19)12-2-3-13-11(7-12)4-5-17-13/h2-7,9,17H,8H2,1H3. The number of nitrogens with zero attached hydrogens (tertiary/aromatic N) is 1. The summed E-state index contributed by atoms with van der Waals surface area (Å²) in [4.78, 5) is 17.3. The zero-order valence-corrected chi connectivity index (χ0v) is 13.3. The molecule has 0 saturated heterocycles. The molecule has 0 atom stereocenters. The summed E-state index contributed by atoms with van der Waals surface area (Å²) in [5.74, 6) is 0.0374. The van der Waals surface area contributed by atoms with Gasteiger partial charge in [-0.3, -0.25) is 4.79 Å². The molecular weight excluding hydrogens is 336 g/mol. The summed E-state index contributed by atoms with van der Waals surface area (Å²) in [7, 11) is 1.83. The number of halogens is 1. The highest BCUT2D eigenvalue weighted by atomic mass is 79.9. The van der Waals surface area contributed by atoms with Crippen LogP contribution in [-0.4, -0.2) is 22.8 Å². The predicted octanol–water partition coefficient (Wildman–Crippen LogP) is 4.26. The molecular formula is C15H13BrN2OS. The lowest BCUT2D eigenvalue weighted by atomic mass is 10.1. The van der Waals surface area contributed by atoms with Gasteiger partial charge in [0, 0.05) is 36.3 Å². The number of carbonyl (C=O) groups excluding carboxylic acids is 1. The molecule has 0 aliphatic carbocycles. The quantitative estimate of drug-likeness (QED) is 0.753. The maximum Gasteiger partial charge on any atom is 0.253 e. The third kappa shape index (κ3) is 2.64. The Balaban J connectivity index is 1.80. The highest BCUT2D eigenvalue weighted by molar-refractivity contribution is 9.11. The minimum absolute atomic E-state index is 0.0374. The van der Waals surface area contributed by atoms with Crippen LogP contribution in [0.2, 0.25) is 0 Å². The molecule has 2 aromatic heterocycles. The SMILES string of the molecule is CN(Cc1csc(Br)c1)C(=O)c1ccc2[nH]ccc2c1. The van der Waals surface area contributed by atoms with E-state index in [1.807, 2.05) is 43.6 Å². The normalized spacial score (nSPS) is 10.9. The first-order valence-corrected chi connectivity index (χ1v) is 7.86. The summed E-state index contributed by atoms with van der Waals surface area (Å²) >= 11 is 5.07. The molecule has 5 heteroatoms. The molecule has 0 aliphatic rings. The van der Waals surface area contributed by atoms with E-state index >= 15 is 0 Å². The van der Waals surface area contributed by atoms with Crippen molar-refractivity contribution in [3.05, 3.63) is 56.8 Å². The Morgan fingerprint density at radius 3 is 2.95 bits per heavy atom. The second-order valence-electron chi connectivity index (χ2n) is 4.70. The van der Waals surface area contributed by atoms with E-state index in [9.17, 15) is 4.79 Å². The lowest BCUT2D eigenvalue weighted by Crippen LogP contribution is -2.25. The fraction of sp³-hybridized carbons (Fsp3) is 0.133. The van der Waals surface area contributed by atoms with E-state index in [0.29, 0.717) is 12.1 Å². The van der Waals surface area contributed by atoms with Gasteiger partial charge in [-0.15, -0.1) is 11.3 Å². The number of hydrogen-bond donors (Lipinski definition) is 1. The van der Waals surface area contributed by atoms with E-state index in [2.05, 4.69) is 26.3 Å². The number of thiophene rings is 1. The highest BCUT2D eigenvalue weighted by Crippen LogP contribution is 2.22. The molecule has 3 rings (SSSR count). The van der Waals surface area contributed by atoms with Crippen LogP contribution < -0.4 is 0 Å². The molecule has 1 N–H and O–H groups in total. The third-order valence-electron chi connectivity index (χ3n) is 3.19. The van der Waals surface area contributed by atoms with E-state index in [-0.39, 0.29) is 5.91 Å². The van der Waals surface area contributed by atoms with Crippen molar-refractivity contribution < 1.29 is 4.79 Å². The Labute approximate surface area is 129 Å². The van der Waals surface area contributed by atoms with Gasteiger partial charge in [-0.2, -0.15) is 0 Å². The molecule has 0 radical (unpaired) electrons. The lowest BCUT2D eigenvalue weighted by Gasteiger charge is -2.16. The third-order valence-corrected chi connectivity index (χ3v) is 4.74. The summed E-state index contributed by atoms with van der Waals surface area (Å²) in [6, 6.07) is 9.75. The molecule has 1 amide bonds. The molecule has 0 saturated carbocycles. The molecule has 20 heavy (non-hydrogen) atoms. The van der Waals surface area contributed by atoms with Gasteiger partial charge in [-0.05, 0) is 57.2 Å². The Morgan fingerprint density at radius 1 is 1.35 bits per heavy atom. The Kier molecular flexibility index (Phi) is 3.63. The number of H-pyrrole nitrogens is 1. The van der Waals surface area contributed by atoms with Gasteiger partial charge in [-0.25, -0.2) is 0 Å². The Morgan fingerprint density at radius 2 is 2.20 bits per heavy atom. The van der Waals surface area contributed by atoms with Crippen LogP contribution in [0.3, 0.4) is 0 Å². The van der Waals surface area contributed by atoms with Crippen LogP contribution in [0.1, 0.15) is 15.9 Å². The van der Waals surface area contributed by atoms with Crippen LogP contribution in [0.4, 0.5) is 0 Å². The summed E-state index contributed by atoms with van der Waals surface area (Å²) in [6.45, 7) is 0.617. The molecule has 0 spiro atoms. The number of rotatable bonds is 3. The molecule has 0 unspecified atom stereocenters. The van der Waals surface area contributed by atoms with Gasteiger partial charge >= 0.3 is 0 Å².